The van der Waals surface area contributed by atoms with Gasteiger partial charge in [-0.15, -0.1) is 0 Å². The number of carboxylic acids is 1. The first kappa shape index (κ1) is 16.1. The van der Waals surface area contributed by atoms with Gasteiger partial charge in [-0.3, -0.25) is 0 Å². The molecule has 2 aromatic rings. The summed E-state index contributed by atoms with van der Waals surface area (Å²) in [5, 5.41) is 9.01. The molecule has 0 bridgehead atoms. The van der Waals surface area contributed by atoms with Crippen molar-refractivity contribution < 1.29 is 23.1 Å². The third kappa shape index (κ3) is 3.68. The summed E-state index contributed by atoms with van der Waals surface area (Å²) in [6, 6.07) is 9.49. The van der Waals surface area contributed by atoms with Gasteiger partial charge in [0.1, 0.15) is 0 Å². The summed E-state index contributed by atoms with van der Waals surface area (Å²) in [5.41, 5.74) is 0.756. The predicted molar refractivity (Wildman–Crippen MR) is 78.6 cm³/mol. The lowest BCUT2D eigenvalue weighted by Gasteiger charge is -2.10. The molecular weight excluding hydrogens is 317 g/mol. The molecule has 1 N–H and O–H groups in total. The number of carboxylic acid groups (broad SMARTS) is 1. The molecule has 0 aliphatic heterocycles. The van der Waals surface area contributed by atoms with Gasteiger partial charge in [0.05, 0.1) is 5.56 Å². The lowest BCUT2D eigenvalue weighted by Crippen LogP contribution is -2.04. The van der Waals surface area contributed by atoms with Crippen molar-refractivity contribution in [3.8, 4) is 11.1 Å². The number of benzene rings is 2. The van der Waals surface area contributed by atoms with Crippen molar-refractivity contribution in [2.45, 2.75) is 6.18 Å². The van der Waals surface area contributed by atoms with Gasteiger partial charge in [-0.1, -0.05) is 35.9 Å². The summed E-state index contributed by atoms with van der Waals surface area (Å²) >= 11 is 6.04. The normalized spacial score (nSPS) is 11.8. The molecule has 0 unspecified atom stereocenters. The Kier molecular flexibility index (Phi) is 4.56. The molecule has 2 nitrogen and oxygen atoms in total. The maximum Gasteiger partial charge on any atom is 0.416 e. The third-order valence-electron chi connectivity index (χ3n) is 2.97. The molecule has 2 rings (SSSR count). The molecule has 0 aliphatic rings. The highest BCUT2D eigenvalue weighted by molar-refractivity contribution is 6.32. The van der Waals surface area contributed by atoms with E-state index >= 15 is 0 Å². The lowest BCUT2D eigenvalue weighted by molar-refractivity contribution is -0.137. The second kappa shape index (κ2) is 6.23. The van der Waals surface area contributed by atoms with Crippen molar-refractivity contribution in [1.82, 2.24) is 0 Å². The second-order valence-electron chi connectivity index (χ2n) is 4.45. The Bertz CT molecular complexity index is 719. The van der Waals surface area contributed by atoms with E-state index in [0.29, 0.717) is 21.7 Å². The van der Waals surface area contributed by atoms with Crippen molar-refractivity contribution >= 4 is 23.6 Å². The Balaban J connectivity index is 2.49. The van der Waals surface area contributed by atoms with E-state index in [1.807, 2.05) is 0 Å². The molecule has 22 heavy (non-hydrogen) atoms. The molecule has 0 saturated heterocycles. The van der Waals surface area contributed by atoms with Crippen LogP contribution in [0.1, 0.15) is 11.1 Å². The molecule has 0 heterocycles. The van der Waals surface area contributed by atoms with Crippen molar-refractivity contribution in [2.75, 3.05) is 0 Å². The van der Waals surface area contributed by atoms with Crippen LogP contribution < -0.4 is 0 Å². The fraction of sp³-hybridized carbons (Fsp3) is 0.0625. The van der Waals surface area contributed by atoms with Gasteiger partial charge in [0.2, 0.25) is 0 Å². The molecule has 0 aromatic heterocycles. The summed E-state index contributed by atoms with van der Waals surface area (Å²) in [6.45, 7) is 0. The minimum absolute atomic E-state index is 0.315. The number of hydrogen-bond donors (Lipinski definition) is 1. The molecule has 6 heteroatoms. The number of hydrogen-bond acceptors (Lipinski definition) is 1. The Morgan fingerprint density at radius 1 is 1.09 bits per heavy atom. The average Bonchev–Trinajstić information content (AvgIpc) is 2.45. The van der Waals surface area contributed by atoms with Crippen LogP contribution in [0, 0.1) is 0 Å². The maximum absolute atomic E-state index is 12.6. The Hall–Kier alpha value is -2.27. The zero-order valence-corrected chi connectivity index (χ0v) is 11.8. The van der Waals surface area contributed by atoms with Crippen LogP contribution in [-0.4, -0.2) is 11.1 Å². The van der Waals surface area contributed by atoms with Crippen LogP contribution in [0.25, 0.3) is 17.2 Å². The smallest absolute Gasteiger partial charge is 0.416 e. The quantitative estimate of drug-likeness (QED) is 0.794. The van der Waals surface area contributed by atoms with Gasteiger partial charge in [-0.2, -0.15) is 13.2 Å². The highest BCUT2D eigenvalue weighted by Crippen LogP contribution is 2.34. The van der Waals surface area contributed by atoms with Gasteiger partial charge in [0, 0.05) is 16.7 Å². The van der Waals surface area contributed by atoms with Crippen molar-refractivity contribution in [1.29, 1.82) is 0 Å². The highest BCUT2D eigenvalue weighted by Gasteiger charge is 2.30. The van der Waals surface area contributed by atoms with E-state index in [-0.39, 0.29) is 0 Å². The fourth-order valence-corrected chi connectivity index (χ4v) is 2.19. The van der Waals surface area contributed by atoms with Crippen molar-refractivity contribution in [3.63, 3.8) is 0 Å². The Morgan fingerprint density at radius 3 is 2.27 bits per heavy atom. The van der Waals surface area contributed by atoms with Crippen LogP contribution in [0.5, 0.6) is 0 Å². The Labute approximate surface area is 129 Å². The van der Waals surface area contributed by atoms with Gasteiger partial charge < -0.3 is 5.11 Å². The van der Waals surface area contributed by atoms with E-state index in [9.17, 15) is 18.0 Å². The topological polar surface area (TPSA) is 37.3 Å². The van der Waals surface area contributed by atoms with E-state index < -0.39 is 17.7 Å². The van der Waals surface area contributed by atoms with Gasteiger partial charge in [-0.25, -0.2) is 4.79 Å². The van der Waals surface area contributed by atoms with Crippen molar-refractivity contribution in [3.05, 3.63) is 64.7 Å². The van der Waals surface area contributed by atoms with Crippen LogP contribution in [0.15, 0.2) is 48.5 Å². The molecule has 2 aromatic carbocycles. The number of halogens is 4. The standard InChI is InChI=1S/C16H10ClF3O2/c17-14-3-1-2-12(13(14)8-9-15(21)22)10-4-6-11(7-5-10)16(18,19)20/h1-9H,(H,21,22)/b9-8+. The van der Waals surface area contributed by atoms with Crippen molar-refractivity contribution in [2.24, 2.45) is 0 Å². The highest BCUT2D eigenvalue weighted by atomic mass is 35.5. The minimum Gasteiger partial charge on any atom is -0.478 e. The van der Waals surface area contributed by atoms with Gasteiger partial charge >= 0.3 is 12.1 Å². The molecule has 0 atom stereocenters. The van der Waals surface area contributed by atoms with Crippen LogP contribution in [-0.2, 0) is 11.0 Å². The number of alkyl halides is 3. The van der Waals surface area contributed by atoms with Crippen LogP contribution in [0.4, 0.5) is 13.2 Å². The van der Waals surface area contributed by atoms with Crippen LogP contribution in [0.3, 0.4) is 0 Å². The molecule has 0 spiro atoms. The average molecular weight is 327 g/mol. The number of carbonyl (C=O) groups is 1. The maximum atomic E-state index is 12.6. The summed E-state index contributed by atoms with van der Waals surface area (Å²) in [7, 11) is 0. The van der Waals surface area contributed by atoms with E-state index in [1.165, 1.54) is 18.2 Å². The zero-order chi connectivity index (χ0) is 16.3. The van der Waals surface area contributed by atoms with E-state index in [2.05, 4.69) is 0 Å². The summed E-state index contributed by atoms with van der Waals surface area (Å²) in [5.74, 6) is -1.14. The fourth-order valence-electron chi connectivity index (χ4n) is 1.95. The lowest BCUT2D eigenvalue weighted by atomic mass is 9.98. The van der Waals surface area contributed by atoms with E-state index in [1.54, 1.807) is 18.2 Å². The molecule has 0 aliphatic carbocycles. The molecule has 0 radical (unpaired) electrons. The summed E-state index contributed by atoms with van der Waals surface area (Å²) < 4.78 is 37.7. The van der Waals surface area contributed by atoms with Gasteiger partial charge in [0.15, 0.2) is 0 Å². The first-order valence-corrected chi connectivity index (χ1v) is 6.54. The minimum atomic E-state index is -4.40. The molecular formula is C16H10ClF3O2. The zero-order valence-electron chi connectivity index (χ0n) is 11.1. The second-order valence-corrected chi connectivity index (χ2v) is 4.85. The van der Waals surface area contributed by atoms with Crippen LogP contribution >= 0.6 is 11.6 Å². The largest absolute Gasteiger partial charge is 0.478 e. The molecule has 114 valence electrons. The van der Waals surface area contributed by atoms with Gasteiger partial charge in [-0.05, 0) is 35.4 Å². The first-order valence-electron chi connectivity index (χ1n) is 6.16. The first-order chi connectivity index (χ1) is 10.3. The third-order valence-corrected chi connectivity index (χ3v) is 3.30. The van der Waals surface area contributed by atoms with E-state index in [0.717, 1.165) is 18.2 Å². The van der Waals surface area contributed by atoms with Gasteiger partial charge in [0.25, 0.3) is 0 Å². The van der Waals surface area contributed by atoms with Crippen LogP contribution in [0.2, 0.25) is 5.02 Å². The molecule has 0 fully saturated rings. The predicted octanol–water partition coefficient (Wildman–Crippen LogP) is 5.12. The summed E-state index contributed by atoms with van der Waals surface area (Å²) in [4.78, 5) is 10.6. The summed E-state index contributed by atoms with van der Waals surface area (Å²) in [6.07, 6.45) is -2.16. The monoisotopic (exact) mass is 326 g/mol. The van der Waals surface area contributed by atoms with E-state index in [4.69, 9.17) is 16.7 Å². The number of rotatable bonds is 3. The molecule has 0 amide bonds. The Morgan fingerprint density at radius 2 is 1.73 bits per heavy atom. The molecule has 0 saturated carbocycles. The SMILES string of the molecule is O=C(O)/C=C/c1c(Cl)cccc1-c1ccc(C(F)(F)F)cc1. The number of aliphatic carboxylic acids is 1.